The van der Waals surface area contributed by atoms with Crippen LogP contribution in [0.4, 0.5) is 5.69 Å². The zero-order valence-electron chi connectivity index (χ0n) is 11.5. The van der Waals surface area contributed by atoms with Crippen molar-refractivity contribution in [1.82, 2.24) is 4.72 Å². The third kappa shape index (κ3) is 3.36. The first-order valence-electron chi connectivity index (χ1n) is 6.44. The van der Waals surface area contributed by atoms with Crippen molar-refractivity contribution >= 4 is 21.6 Å². The molecule has 20 heavy (non-hydrogen) atoms. The highest BCUT2D eigenvalue weighted by molar-refractivity contribution is 7.89. The largest absolute Gasteiger partial charge is 0.328 e. The molecule has 6 nitrogen and oxygen atoms in total. The Labute approximate surface area is 118 Å². The summed E-state index contributed by atoms with van der Waals surface area (Å²) in [5, 5.41) is 2.58. The molecule has 0 radical (unpaired) electrons. The molecule has 1 aromatic carbocycles. The Hall–Kier alpha value is -1.44. The summed E-state index contributed by atoms with van der Waals surface area (Å²) in [7, 11) is -3.59. The van der Waals surface area contributed by atoms with Crippen LogP contribution in [0, 0.1) is 6.92 Å². The molecule has 1 amide bonds. The van der Waals surface area contributed by atoms with Crippen LogP contribution in [0.2, 0.25) is 0 Å². The highest BCUT2D eigenvalue weighted by Crippen LogP contribution is 2.24. The Kier molecular flexibility index (Phi) is 4.12. The van der Waals surface area contributed by atoms with E-state index in [0.29, 0.717) is 24.1 Å². The monoisotopic (exact) mass is 297 g/mol. The second-order valence-electron chi connectivity index (χ2n) is 5.21. The van der Waals surface area contributed by atoms with E-state index in [2.05, 4.69) is 10.0 Å². The lowest BCUT2D eigenvalue weighted by molar-refractivity contribution is -0.114. The third-order valence-corrected chi connectivity index (χ3v) is 4.96. The molecule has 0 saturated heterocycles. The minimum Gasteiger partial charge on any atom is -0.328 e. The summed E-state index contributed by atoms with van der Waals surface area (Å²) in [5.41, 5.74) is 6.75. The molecule has 1 aliphatic carbocycles. The number of nitrogens with one attached hydrogen (secondary N) is 2. The van der Waals surface area contributed by atoms with Gasteiger partial charge in [0.1, 0.15) is 0 Å². The van der Waals surface area contributed by atoms with Crippen LogP contribution in [0.3, 0.4) is 0 Å². The van der Waals surface area contributed by atoms with Crippen LogP contribution in [0.15, 0.2) is 23.1 Å². The summed E-state index contributed by atoms with van der Waals surface area (Å²) >= 11 is 0. The van der Waals surface area contributed by atoms with Crippen molar-refractivity contribution in [3.8, 4) is 0 Å². The first-order valence-corrected chi connectivity index (χ1v) is 7.92. The van der Waals surface area contributed by atoms with Gasteiger partial charge >= 0.3 is 0 Å². The molecule has 4 N–H and O–H groups in total. The second-order valence-corrected chi connectivity index (χ2v) is 6.89. The summed E-state index contributed by atoms with van der Waals surface area (Å²) in [6.07, 6.45) is 1.31. The second kappa shape index (κ2) is 5.51. The van der Waals surface area contributed by atoms with Gasteiger partial charge in [-0.1, -0.05) is 6.07 Å². The maximum Gasteiger partial charge on any atom is 0.241 e. The van der Waals surface area contributed by atoms with Gasteiger partial charge in [0.25, 0.3) is 0 Å². The van der Waals surface area contributed by atoms with Crippen molar-refractivity contribution in [2.45, 2.75) is 43.7 Å². The van der Waals surface area contributed by atoms with Gasteiger partial charge in [0.05, 0.1) is 4.90 Å². The Morgan fingerprint density at radius 2 is 2.00 bits per heavy atom. The molecule has 1 aliphatic rings. The van der Waals surface area contributed by atoms with Crippen molar-refractivity contribution in [3.63, 3.8) is 0 Å². The summed E-state index contributed by atoms with van der Waals surface area (Å²) in [5.74, 6) is -0.241. The molecule has 0 spiro atoms. The van der Waals surface area contributed by atoms with E-state index in [9.17, 15) is 13.2 Å². The number of carbonyl (C=O) groups excluding carboxylic acids is 1. The first-order chi connectivity index (χ1) is 9.28. The number of carbonyl (C=O) groups is 1. The maximum absolute atomic E-state index is 12.3. The minimum atomic E-state index is -3.59. The Morgan fingerprint density at radius 1 is 1.35 bits per heavy atom. The summed E-state index contributed by atoms with van der Waals surface area (Å²) < 4.78 is 27.3. The molecule has 0 atom stereocenters. The van der Waals surface area contributed by atoms with Crippen LogP contribution in [0.25, 0.3) is 0 Å². The zero-order chi connectivity index (χ0) is 14.9. The van der Waals surface area contributed by atoms with Crippen LogP contribution in [0.5, 0.6) is 0 Å². The standard InChI is InChI=1S/C13H19N3O3S/c1-8-3-4-11(15-9(2)17)7-13(8)20(18,19)16-12-5-10(14)6-12/h3-4,7,10,12,16H,5-6,14H2,1-2H3,(H,15,17). The zero-order valence-corrected chi connectivity index (χ0v) is 12.3. The predicted molar refractivity (Wildman–Crippen MR) is 76.8 cm³/mol. The van der Waals surface area contributed by atoms with Gasteiger partial charge in [-0.15, -0.1) is 0 Å². The molecular formula is C13H19N3O3S. The lowest BCUT2D eigenvalue weighted by Crippen LogP contribution is -2.50. The van der Waals surface area contributed by atoms with Gasteiger partial charge in [-0.25, -0.2) is 13.1 Å². The van der Waals surface area contributed by atoms with E-state index in [0.717, 1.165) is 0 Å². The Morgan fingerprint density at radius 3 is 2.55 bits per heavy atom. The van der Waals surface area contributed by atoms with Gasteiger partial charge in [-0.3, -0.25) is 4.79 Å². The molecule has 1 aromatic rings. The molecule has 0 aliphatic heterocycles. The number of hydrogen-bond donors (Lipinski definition) is 3. The average molecular weight is 297 g/mol. The molecule has 7 heteroatoms. The molecule has 1 fully saturated rings. The normalized spacial score (nSPS) is 22.1. The third-order valence-electron chi connectivity index (χ3n) is 3.29. The Balaban J connectivity index is 2.23. The van der Waals surface area contributed by atoms with E-state index < -0.39 is 10.0 Å². The first kappa shape index (κ1) is 15.0. The topological polar surface area (TPSA) is 101 Å². The van der Waals surface area contributed by atoms with Crippen molar-refractivity contribution < 1.29 is 13.2 Å². The lowest BCUT2D eigenvalue weighted by Gasteiger charge is -2.32. The number of rotatable bonds is 4. The number of sulfonamides is 1. The number of benzene rings is 1. The van der Waals surface area contributed by atoms with Crippen LogP contribution in [0.1, 0.15) is 25.3 Å². The van der Waals surface area contributed by atoms with Crippen molar-refractivity contribution in [1.29, 1.82) is 0 Å². The maximum atomic E-state index is 12.3. The van der Waals surface area contributed by atoms with Gasteiger partial charge in [0, 0.05) is 24.7 Å². The number of nitrogens with two attached hydrogens (primary N) is 1. The average Bonchev–Trinajstić information content (AvgIpc) is 2.28. The fraction of sp³-hybridized carbons (Fsp3) is 0.462. The van der Waals surface area contributed by atoms with Crippen LogP contribution in [-0.2, 0) is 14.8 Å². The molecule has 110 valence electrons. The van der Waals surface area contributed by atoms with Gasteiger partial charge in [0.15, 0.2) is 0 Å². The van der Waals surface area contributed by atoms with E-state index >= 15 is 0 Å². The lowest BCUT2D eigenvalue weighted by atomic mass is 9.89. The van der Waals surface area contributed by atoms with Crippen LogP contribution >= 0.6 is 0 Å². The van der Waals surface area contributed by atoms with E-state index in [1.807, 2.05) is 0 Å². The number of anilines is 1. The van der Waals surface area contributed by atoms with Crippen LogP contribution in [-0.4, -0.2) is 26.4 Å². The SMILES string of the molecule is CC(=O)Nc1ccc(C)c(S(=O)(=O)NC2CC(N)C2)c1. The molecule has 0 unspecified atom stereocenters. The number of aryl methyl sites for hydroxylation is 1. The van der Waals surface area contributed by atoms with Crippen molar-refractivity contribution in [2.24, 2.45) is 5.73 Å². The highest BCUT2D eigenvalue weighted by atomic mass is 32.2. The minimum absolute atomic E-state index is 0.0783. The van der Waals surface area contributed by atoms with Gasteiger partial charge in [0.2, 0.25) is 15.9 Å². The smallest absolute Gasteiger partial charge is 0.241 e. The summed E-state index contributed by atoms with van der Waals surface area (Å²) in [4.78, 5) is 11.2. The van der Waals surface area contributed by atoms with E-state index in [4.69, 9.17) is 5.73 Å². The number of hydrogen-bond acceptors (Lipinski definition) is 4. The van der Waals surface area contributed by atoms with E-state index in [1.165, 1.54) is 13.0 Å². The fourth-order valence-electron chi connectivity index (χ4n) is 2.21. The molecule has 0 heterocycles. The van der Waals surface area contributed by atoms with E-state index in [1.54, 1.807) is 19.1 Å². The van der Waals surface area contributed by atoms with E-state index in [-0.39, 0.29) is 22.9 Å². The van der Waals surface area contributed by atoms with Gasteiger partial charge in [-0.05, 0) is 37.5 Å². The fourth-order valence-corrected chi connectivity index (χ4v) is 3.74. The molecular weight excluding hydrogens is 278 g/mol. The predicted octanol–water partition coefficient (Wildman–Crippen LogP) is 0.721. The molecule has 0 aromatic heterocycles. The molecule has 0 bridgehead atoms. The highest BCUT2D eigenvalue weighted by Gasteiger charge is 2.30. The number of amides is 1. The Bertz CT molecular complexity index is 622. The van der Waals surface area contributed by atoms with Crippen LogP contribution < -0.4 is 15.8 Å². The van der Waals surface area contributed by atoms with Crippen molar-refractivity contribution in [3.05, 3.63) is 23.8 Å². The molecule has 1 saturated carbocycles. The quantitative estimate of drug-likeness (QED) is 0.762. The van der Waals surface area contributed by atoms with Crippen molar-refractivity contribution in [2.75, 3.05) is 5.32 Å². The summed E-state index contributed by atoms with van der Waals surface area (Å²) in [6, 6.07) is 4.80. The van der Waals surface area contributed by atoms with Gasteiger partial charge < -0.3 is 11.1 Å². The molecule has 2 rings (SSSR count). The summed E-state index contributed by atoms with van der Waals surface area (Å²) in [6.45, 7) is 3.10. The van der Waals surface area contributed by atoms with Gasteiger partial charge in [-0.2, -0.15) is 0 Å².